The van der Waals surface area contributed by atoms with Crippen molar-refractivity contribution in [1.82, 2.24) is 9.80 Å². The molecule has 1 heterocycles. The highest BCUT2D eigenvalue weighted by Crippen LogP contribution is 2.26. The van der Waals surface area contributed by atoms with Gasteiger partial charge in [-0.2, -0.15) is 0 Å². The summed E-state index contributed by atoms with van der Waals surface area (Å²) < 4.78 is 0. The number of hydrogen-bond acceptors (Lipinski definition) is 6. The Morgan fingerprint density at radius 3 is 2.57 bits per heavy atom. The Morgan fingerprint density at radius 1 is 1.25 bits per heavy atom. The van der Waals surface area contributed by atoms with Crippen LogP contribution in [0.3, 0.4) is 0 Å². The lowest BCUT2D eigenvalue weighted by Crippen LogP contribution is -2.48. The van der Waals surface area contributed by atoms with Crippen LogP contribution in [0.1, 0.15) is 12.8 Å². The van der Waals surface area contributed by atoms with Crippen molar-refractivity contribution in [2.24, 2.45) is 5.92 Å². The van der Waals surface area contributed by atoms with Gasteiger partial charge in [-0.1, -0.05) is 12.1 Å². The molecule has 0 aliphatic carbocycles. The second-order valence-corrected chi connectivity index (χ2v) is 6.87. The fourth-order valence-electron chi connectivity index (χ4n) is 3.15. The van der Waals surface area contributed by atoms with Crippen molar-refractivity contribution < 1.29 is 24.4 Å². The first kappa shape index (κ1) is 21.1. The Bertz CT molecular complexity index is 768. The highest BCUT2D eigenvalue weighted by atomic mass is 16.6. The zero-order chi connectivity index (χ0) is 20.8. The monoisotopic (exact) mass is 392 g/mol. The number of nitro groups is 1. The number of aliphatic carboxylic acids is 1. The first-order valence-corrected chi connectivity index (χ1v) is 8.89. The lowest BCUT2D eigenvalue weighted by Gasteiger charge is -2.32. The average molecular weight is 392 g/mol. The van der Waals surface area contributed by atoms with Crippen LogP contribution in [-0.4, -0.2) is 77.9 Å². The number of likely N-dealkylation sites (tertiary alicyclic amines) is 1. The van der Waals surface area contributed by atoms with E-state index < -0.39 is 16.8 Å². The largest absolute Gasteiger partial charge is 0.481 e. The first-order valence-electron chi connectivity index (χ1n) is 8.89. The number of nitrogens with zero attached hydrogens (tertiary/aromatic N) is 4. The topological polar surface area (TPSA) is 124 Å². The van der Waals surface area contributed by atoms with Crippen LogP contribution >= 0.6 is 0 Å². The van der Waals surface area contributed by atoms with E-state index in [1.807, 2.05) is 0 Å². The van der Waals surface area contributed by atoms with E-state index in [-0.39, 0.29) is 37.1 Å². The number of rotatable bonds is 7. The Labute approximate surface area is 162 Å². The molecule has 2 rings (SSSR count). The van der Waals surface area contributed by atoms with Gasteiger partial charge >= 0.3 is 5.97 Å². The number of carboxylic acid groups (broad SMARTS) is 1. The minimum atomic E-state index is -0.923. The number of carbonyl (C=O) groups is 3. The molecule has 0 bridgehead atoms. The summed E-state index contributed by atoms with van der Waals surface area (Å²) in [6.45, 7) is 0.315. The SMILES string of the molecule is CN(CC(=O)N1CCCC(C(=O)O)C1)C(=O)CN(C)c1ccccc1[N+](=O)[O-]. The Balaban J connectivity index is 1.94. The molecular weight excluding hydrogens is 368 g/mol. The Morgan fingerprint density at radius 2 is 1.93 bits per heavy atom. The van der Waals surface area contributed by atoms with Crippen LogP contribution < -0.4 is 4.90 Å². The number of hydrogen-bond donors (Lipinski definition) is 1. The van der Waals surface area contributed by atoms with Crippen LogP contribution in [0, 0.1) is 16.0 Å². The fraction of sp³-hybridized carbons (Fsp3) is 0.500. The molecule has 2 amide bonds. The number of nitro benzene ring substituents is 1. The van der Waals surface area contributed by atoms with Crippen molar-refractivity contribution in [3.8, 4) is 0 Å². The number of likely N-dealkylation sites (N-methyl/N-ethyl adjacent to an activating group) is 2. The van der Waals surface area contributed by atoms with Gasteiger partial charge in [0.25, 0.3) is 5.69 Å². The maximum absolute atomic E-state index is 12.4. The van der Waals surface area contributed by atoms with Crippen molar-refractivity contribution >= 4 is 29.2 Å². The smallest absolute Gasteiger partial charge is 0.308 e. The molecular formula is C18H24N4O6. The van der Waals surface area contributed by atoms with Gasteiger partial charge in [0.15, 0.2) is 0 Å². The van der Waals surface area contributed by atoms with Gasteiger partial charge in [0.1, 0.15) is 5.69 Å². The third-order valence-electron chi connectivity index (χ3n) is 4.78. The summed E-state index contributed by atoms with van der Waals surface area (Å²) in [5.41, 5.74) is 0.200. The van der Waals surface area contributed by atoms with E-state index in [0.717, 1.165) is 0 Å². The number of carbonyl (C=O) groups excluding carboxylic acids is 2. The molecule has 1 aliphatic rings. The van der Waals surface area contributed by atoms with E-state index in [9.17, 15) is 24.5 Å². The molecule has 1 aliphatic heterocycles. The molecule has 1 saturated heterocycles. The number of anilines is 1. The number of carboxylic acids is 1. The maximum Gasteiger partial charge on any atom is 0.308 e. The van der Waals surface area contributed by atoms with Crippen LogP contribution in [0.5, 0.6) is 0 Å². The Kier molecular flexibility index (Phi) is 6.91. The summed E-state index contributed by atoms with van der Waals surface area (Å²) in [5.74, 6) is -2.19. The fourth-order valence-corrected chi connectivity index (χ4v) is 3.15. The van der Waals surface area contributed by atoms with E-state index >= 15 is 0 Å². The molecule has 0 saturated carbocycles. The third-order valence-corrected chi connectivity index (χ3v) is 4.78. The molecule has 0 radical (unpaired) electrons. The van der Waals surface area contributed by atoms with Gasteiger partial charge in [-0.25, -0.2) is 0 Å². The lowest BCUT2D eigenvalue weighted by atomic mass is 9.98. The van der Waals surface area contributed by atoms with Crippen LogP contribution in [0.15, 0.2) is 24.3 Å². The van der Waals surface area contributed by atoms with E-state index in [1.54, 1.807) is 25.2 Å². The van der Waals surface area contributed by atoms with Gasteiger partial charge in [0.05, 0.1) is 23.9 Å². The van der Waals surface area contributed by atoms with E-state index in [4.69, 9.17) is 5.11 Å². The summed E-state index contributed by atoms with van der Waals surface area (Å²) in [5, 5.41) is 20.3. The van der Waals surface area contributed by atoms with Crippen LogP contribution in [0.2, 0.25) is 0 Å². The number of amides is 2. The molecule has 28 heavy (non-hydrogen) atoms. The number of benzene rings is 1. The van der Waals surface area contributed by atoms with Crippen molar-refractivity contribution in [3.05, 3.63) is 34.4 Å². The summed E-state index contributed by atoms with van der Waals surface area (Å²) in [6.07, 6.45) is 1.15. The average Bonchev–Trinajstić information content (AvgIpc) is 2.67. The van der Waals surface area contributed by atoms with Crippen LogP contribution in [0.25, 0.3) is 0 Å². The van der Waals surface area contributed by atoms with Crippen molar-refractivity contribution in [2.75, 3.05) is 45.2 Å². The summed E-state index contributed by atoms with van der Waals surface area (Å²) in [6, 6.07) is 6.10. The van der Waals surface area contributed by atoms with Crippen molar-refractivity contribution in [3.63, 3.8) is 0 Å². The molecule has 1 atom stereocenters. The van der Waals surface area contributed by atoms with E-state index in [2.05, 4.69) is 0 Å². The van der Waals surface area contributed by atoms with Crippen LogP contribution in [-0.2, 0) is 14.4 Å². The van der Waals surface area contributed by atoms with Gasteiger partial charge in [-0.15, -0.1) is 0 Å². The second kappa shape index (κ2) is 9.16. The molecule has 0 aromatic heterocycles. The van der Waals surface area contributed by atoms with Gasteiger partial charge in [0.2, 0.25) is 11.8 Å². The summed E-state index contributed by atoms with van der Waals surface area (Å²) >= 11 is 0. The van der Waals surface area contributed by atoms with Crippen LogP contribution in [0.4, 0.5) is 11.4 Å². The molecule has 0 spiro atoms. The molecule has 1 fully saturated rings. The van der Waals surface area contributed by atoms with E-state index in [0.29, 0.717) is 25.1 Å². The molecule has 1 aromatic carbocycles. The second-order valence-electron chi connectivity index (χ2n) is 6.87. The molecule has 1 N–H and O–H groups in total. The maximum atomic E-state index is 12.4. The summed E-state index contributed by atoms with van der Waals surface area (Å²) in [4.78, 5) is 50.8. The quantitative estimate of drug-likeness (QED) is 0.538. The normalized spacial score (nSPS) is 16.4. The minimum absolute atomic E-state index is 0.107. The lowest BCUT2D eigenvalue weighted by molar-refractivity contribution is -0.384. The molecule has 1 unspecified atom stereocenters. The predicted molar refractivity (Wildman–Crippen MR) is 101 cm³/mol. The highest BCUT2D eigenvalue weighted by Gasteiger charge is 2.29. The van der Waals surface area contributed by atoms with Gasteiger partial charge in [-0.05, 0) is 18.9 Å². The molecule has 152 valence electrons. The standard InChI is InChI=1S/C18H24N4O6/c1-19(14-7-3-4-8-15(14)22(27)28)11-16(23)20(2)12-17(24)21-9-5-6-13(10-21)18(25)26/h3-4,7-8,13H,5-6,9-12H2,1-2H3,(H,25,26). The first-order chi connectivity index (χ1) is 13.2. The van der Waals surface area contributed by atoms with E-state index in [1.165, 1.54) is 27.8 Å². The summed E-state index contributed by atoms with van der Waals surface area (Å²) in [7, 11) is 3.05. The van der Waals surface area contributed by atoms with Crippen molar-refractivity contribution in [2.45, 2.75) is 12.8 Å². The van der Waals surface area contributed by atoms with Crippen molar-refractivity contribution in [1.29, 1.82) is 0 Å². The zero-order valence-corrected chi connectivity index (χ0v) is 15.9. The number of piperidine rings is 1. The highest BCUT2D eigenvalue weighted by molar-refractivity contribution is 5.87. The zero-order valence-electron chi connectivity index (χ0n) is 15.9. The predicted octanol–water partition coefficient (Wildman–Crippen LogP) is 0.813. The minimum Gasteiger partial charge on any atom is -0.481 e. The number of para-hydroxylation sites is 2. The molecule has 10 heteroatoms. The van der Waals surface area contributed by atoms with Gasteiger partial charge < -0.3 is 19.8 Å². The van der Waals surface area contributed by atoms with Gasteiger partial charge in [-0.3, -0.25) is 24.5 Å². The Hall–Kier alpha value is -3.17. The van der Waals surface area contributed by atoms with Gasteiger partial charge in [0, 0.05) is 33.3 Å². The third kappa shape index (κ3) is 5.18. The molecule has 10 nitrogen and oxygen atoms in total. The molecule has 1 aromatic rings.